The molecule has 1 atom stereocenters. The van der Waals surface area contributed by atoms with Gasteiger partial charge in [-0.25, -0.2) is 0 Å². The lowest BCUT2D eigenvalue weighted by atomic mass is 10.3. The van der Waals surface area contributed by atoms with E-state index in [0.29, 0.717) is 18.1 Å². The summed E-state index contributed by atoms with van der Waals surface area (Å²) >= 11 is 5.73. The molecule has 1 aliphatic rings. The number of pyridine rings is 1. The fourth-order valence-corrected chi connectivity index (χ4v) is 3.01. The van der Waals surface area contributed by atoms with E-state index in [1.807, 2.05) is 12.1 Å². The van der Waals surface area contributed by atoms with Gasteiger partial charge in [-0.05, 0) is 12.1 Å². The minimum Gasteiger partial charge on any atom is -0.286 e. The molecule has 3 rings (SSSR count). The van der Waals surface area contributed by atoms with E-state index < -0.39 is 0 Å². The molecule has 2 aromatic rings. The molecule has 5 nitrogen and oxygen atoms in total. The Kier molecular flexibility index (Phi) is 3.00. The zero-order chi connectivity index (χ0) is 12.5. The molecule has 3 heterocycles. The summed E-state index contributed by atoms with van der Waals surface area (Å²) in [7, 11) is 0. The predicted octanol–water partition coefficient (Wildman–Crippen LogP) is 1.64. The Morgan fingerprint density at radius 1 is 1.33 bits per heavy atom. The van der Waals surface area contributed by atoms with Gasteiger partial charge in [-0.1, -0.05) is 11.3 Å². The lowest BCUT2D eigenvalue weighted by molar-refractivity contribution is -0.117. The van der Waals surface area contributed by atoms with Crippen molar-refractivity contribution in [3.8, 4) is 10.6 Å². The van der Waals surface area contributed by atoms with E-state index in [-0.39, 0.29) is 11.2 Å². The van der Waals surface area contributed by atoms with Crippen molar-refractivity contribution in [3.63, 3.8) is 0 Å². The highest BCUT2D eigenvalue weighted by Crippen LogP contribution is 2.31. The zero-order valence-corrected chi connectivity index (χ0v) is 11.1. The summed E-state index contributed by atoms with van der Waals surface area (Å²) in [6.45, 7) is 0.604. The van der Waals surface area contributed by atoms with Crippen LogP contribution in [0.5, 0.6) is 0 Å². The summed E-state index contributed by atoms with van der Waals surface area (Å²) in [5.41, 5.74) is 0.961. The Hall–Kier alpha value is -1.47. The minimum absolute atomic E-state index is 0.0624. The smallest absolute Gasteiger partial charge is 0.230 e. The summed E-state index contributed by atoms with van der Waals surface area (Å²) in [5.74, 6) is 0.0624. The molecule has 2 aromatic heterocycles. The molecule has 0 N–H and O–H groups in total. The van der Waals surface area contributed by atoms with Crippen molar-refractivity contribution >= 4 is 35.0 Å². The Labute approximate surface area is 113 Å². The Bertz CT molecular complexity index is 571. The quantitative estimate of drug-likeness (QED) is 0.848. The number of thiol groups is 1. The second kappa shape index (κ2) is 4.66. The molecular weight excluding hydrogens is 268 g/mol. The summed E-state index contributed by atoms with van der Waals surface area (Å²) in [5, 5.41) is 9.72. The van der Waals surface area contributed by atoms with Crippen LogP contribution in [0.25, 0.3) is 10.6 Å². The van der Waals surface area contributed by atoms with Gasteiger partial charge in [0.15, 0.2) is 0 Å². The van der Waals surface area contributed by atoms with Gasteiger partial charge in [-0.15, -0.1) is 10.2 Å². The number of nitrogens with zero attached hydrogens (tertiary/aromatic N) is 4. The highest BCUT2D eigenvalue weighted by atomic mass is 32.1. The number of hydrogen-bond acceptors (Lipinski definition) is 6. The SMILES string of the molecule is O=C1CC(S)CN1c1nnc(-c2ccncc2)s1. The van der Waals surface area contributed by atoms with Crippen LogP contribution in [0, 0.1) is 0 Å². The van der Waals surface area contributed by atoms with Crippen LogP contribution >= 0.6 is 24.0 Å². The Balaban J connectivity index is 1.88. The lowest BCUT2D eigenvalue weighted by Crippen LogP contribution is -2.24. The molecule has 1 aliphatic heterocycles. The first-order valence-corrected chi connectivity index (χ1v) is 6.79. The predicted molar refractivity (Wildman–Crippen MR) is 72.9 cm³/mol. The number of hydrogen-bond donors (Lipinski definition) is 1. The topological polar surface area (TPSA) is 59.0 Å². The molecule has 1 amide bonds. The van der Waals surface area contributed by atoms with Gasteiger partial charge in [0.1, 0.15) is 5.01 Å². The molecule has 0 spiro atoms. The fourth-order valence-electron chi connectivity index (χ4n) is 1.81. The largest absolute Gasteiger partial charge is 0.286 e. The summed E-state index contributed by atoms with van der Waals surface area (Å²) in [6.07, 6.45) is 3.88. The molecule has 92 valence electrons. The van der Waals surface area contributed by atoms with Gasteiger partial charge in [-0.2, -0.15) is 12.6 Å². The van der Waals surface area contributed by atoms with E-state index in [4.69, 9.17) is 0 Å². The van der Waals surface area contributed by atoms with Crippen LogP contribution in [0.3, 0.4) is 0 Å². The molecule has 18 heavy (non-hydrogen) atoms. The maximum atomic E-state index is 11.7. The minimum atomic E-state index is 0.0624. The normalized spacial score (nSPS) is 19.5. The van der Waals surface area contributed by atoms with Crippen molar-refractivity contribution in [3.05, 3.63) is 24.5 Å². The molecule has 0 saturated carbocycles. The van der Waals surface area contributed by atoms with E-state index in [1.54, 1.807) is 17.3 Å². The van der Waals surface area contributed by atoms with Gasteiger partial charge in [-0.3, -0.25) is 14.7 Å². The number of carbonyl (C=O) groups excluding carboxylic acids is 1. The number of rotatable bonds is 2. The number of amides is 1. The summed E-state index contributed by atoms with van der Waals surface area (Å²) < 4.78 is 0. The molecular formula is C11H10N4OS2. The molecule has 0 aromatic carbocycles. The van der Waals surface area contributed by atoms with Crippen molar-refractivity contribution in [1.29, 1.82) is 0 Å². The summed E-state index contributed by atoms with van der Waals surface area (Å²) in [6, 6.07) is 3.75. The third-order valence-electron chi connectivity index (χ3n) is 2.68. The maximum absolute atomic E-state index is 11.7. The van der Waals surface area contributed by atoms with E-state index >= 15 is 0 Å². The van der Waals surface area contributed by atoms with Crippen LogP contribution < -0.4 is 4.90 Å². The molecule has 0 bridgehead atoms. The van der Waals surface area contributed by atoms with E-state index in [9.17, 15) is 4.79 Å². The number of anilines is 1. The first-order valence-electron chi connectivity index (χ1n) is 5.46. The third kappa shape index (κ3) is 2.11. The molecule has 0 aliphatic carbocycles. The standard InChI is InChI=1S/C11H10N4OS2/c16-9-5-8(17)6-15(9)11-14-13-10(18-11)7-1-3-12-4-2-7/h1-4,8,17H,5-6H2. The van der Waals surface area contributed by atoms with Gasteiger partial charge < -0.3 is 0 Å². The van der Waals surface area contributed by atoms with Crippen molar-refractivity contribution in [2.24, 2.45) is 0 Å². The zero-order valence-electron chi connectivity index (χ0n) is 9.35. The Morgan fingerprint density at radius 2 is 2.11 bits per heavy atom. The van der Waals surface area contributed by atoms with E-state index in [1.165, 1.54) is 11.3 Å². The van der Waals surface area contributed by atoms with Crippen molar-refractivity contribution in [2.45, 2.75) is 11.7 Å². The van der Waals surface area contributed by atoms with Crippen LogP contribution in [-0.2, 0) is 4.79 Å². The van der Waals surface area contributed by atoms with Gasteiger partial charge in [0.2, 0.25) is 11.0 Å². The molecule has 1 fully saturated rings. The molecule has 0 radical (unpaired) electrons. The average molecular weight is 278 g/mol. The van der Waals surface area contributed by atoms with E-state index in [2.05, 4.69) is 27.8 Å². The van der Waals surface area contributed by atoms with Gasteiger partial charge in [0.05, 0.1) is 0 Å². The van der Waals surface area contributed by atoms with Crippen molar-refractivity contribution < 1.29 is 4.79 Å². The highest BCUT2D eigenvalue weighted by molar-refractivity contribution is 7.81. The van der Waals surface area contributed by atoms with Gasteiger partial charge in [0.25, 0.3) is 0 Å². The second-order valence-corrected chi connectivity index (χ2v) is 5.67. The molecule has 1 unspecified atom stereocenters. The monoisotopic (exact) mass is 278 g/mol. The lowest BCUT2D eigenvalue weighted by Gasteiger charge is -2.09. The van der Waals surface area contributed by atoms with Crippen LogP contribution in [0.1, 0.15) is 6.42 Å². The first-order chi connectivity index (χ1) is 8.74. The van der Waals surface area contributed by atoms with Crippen LogP contribution in [0.2, 0.25) is 0 Å². The first kappa shape index (κ1) is 11.6. The second-order valence-electron chi connectivity index (χ2n) is 3.99. The Morgan fingerprint density at radius 3 is 2.78 bits per heavy atom. The third-order valence-corrected chi connectivity index (χ3v) is 4.02. The number of carbonyl (C=O) groups is 1. The highest BCUT2D eigenvalue weighted by Gasteiger charge is 2.30. The van der Waals surface area contributed by atoms with Gasteiger partial charge in [0, 0.05) is 36.2 Å². The van der Waals surface area contributed by atoms with Crippen LogP contribution in [0.15, 0.2) is 24.5 Å². The summed E-state index contributed by atoms with van der Waals surface area (Å²) in [4.78, 5) is 17.3. The van der Waals surface area contributed by atoms with Gasteiger partial charge >= 0.3 is 0 Å². The van der Waals surface area contributed by atoms with Crippen LogP contribution in [-0.4, -0.2) is 32.9 Å². The fraction of sp³-hybridized carbons (Fsp3) is 0.273. The van der Waals surface area contributed by atoms with Crippen LogP contribution in [0.4, 0.5) is 5.13 Å². The van der Waals surface area contributed by atoms with E-state index in [0.717, 1.165) is 10.6 Å². The molecule has 7 heteroatoms. The van der Waals surface area contributed by atoms with Crippen molar-refractivity contribution in [2.75, 3.05) is 11.4 Å². The maximum Gasteiger partial charge on any atom is 0.230 e. The van der Waals surface area contributed by atoms with Crippen molar-refractivity contribution in [1.82, 2.24) is 15.2 Å². The molecule has 1 saturated heterocycles. The number of aromatic nitrogens is 3. The average Bonchev–Trinajstić information content (AvgIpc) is 2.97.